The lowest BCUT2D eigenvalue weighted by Crippen LogP contribution is -2.30. The molecule has 180 valence electrons. The lowest BCUT2D eigenvalue weighted by Gasteiger charge is -2.23. The molecule has 0 bridgehead atoms. The molecule has 1 aliphatic rings. The second-order valence-electron chi connectivity index (χ2n) is 8.67. The Kier molecular flexibility index (Phi) is 5.41. The number of hydrogen-bond donors (Lipinski definition) is 1. The zero-order valence-corrected chi connectivity index (χ0v) is 19.5. The molecule has 1 N–H and O–H groups in total. The van der Waals surface area contributed by atoms with Gasteiger partial charge in [0.15, 0.2) is 11.5 Å². The van der Waals surface area contributed by atoms with Crippen molar-refractivity contribution in [3.8, 4) is 22.8 Å². The average Bonchev–Trinajstić information content (AvgIpc) is 3.62. The van der Waals surface area contributed by atoms with Crippen molar-refractivity contribution in [2.75, 3.05) is 6.79 Å². The van der Waals surface area contributed by atoms with Gasteiger partial charge in [0.1, 0.15) is 17.3 Å². The highest BCUT2D eigenvalue weighted by Gasteiger charge is 2.25. The Labute approximate surface area is 206 Å². The van der Waals surface area contributed by atoms with Crippen molar-refractivity contribution in [1.29, 1.82) is 0 Å². The number of halogens is 1. The van der Waals surface area contributed by atoms with Crippen molar-refractivity contribution < 1.29 is 23.2 Å². The van der Waals surface area contributed by atoms with Crippen LogP contribution >= 0.6 is 0 Å². The smallest absolute Gasteiger partial charge is 0.254 e. The minimum Gasteiger partial charge on any atom is -0.454 e. The molecule has 7 nitrogen and oxygen atoms in total. The van der Waals surface area contributed by atoms with Crippen LogP contribution < -0.4 is 9.47 Å². The van der Waals surface area contributed by atoms with Crippen LogP contribution in [0.25, 0.3) is 22.2 Å². The van der Waals surface area contributed by atoms with E-state index in [9.17, 15) is 9.18 Å². The molecule has 36 heavy (non-hydrogen) atoms. The summed E-state index contributed by atoms with van der Waals surface area (Å²) in [4.78, 5) is 18.7. The van der Waals surface area contributed by atoms with Crippen molar-refractivity contribution in [3.05, 3.63) is 101 Å². The molecule has 0 saturated heterocycles. The SMILES string of the molecule is Cc1onc(-c2ccccc2)c1CN(Cc1c[nH]c2ccc(F)cc12)C(=O)c1ccc2c(c1)OCO2. The van der Waals surface area contributed by atoms with Crippen LogP contribution in [0.2, 0.25) is 0 Å². The first-order valence-electron chi connectivity index (χ1n) is 11.5. The third-order valence-electron chi connectivity index (χ3n) is 6.38. The number of rotatable bonds is 6. The van der Waals surface area contributed by atoms with Gasteiger partial charge in [0.2, 0.25) is 6.79 Å². The van der Waals surface area contributed by atoms with Gasteiger partial charge in [-0.05, 0) is 48.9 Å². The molecule has 0 unspecified atom stereocenters. The van der Waals surface area contributed by atoms with Crippen LogP contribution in [0, 0.1) is 12.7 Å². The number of aromatic amines is 1. The maximum Gasteiger partial charge on any atom is 0.254 e. The predicted octanol–water partition coefficient (Wildman–Crippen LogP) is 5.84. The summed E-state index contributed by atoms with van der Waals surface area (Å²) in [5.74, 6) is 1.21. The minimum absolute atomic E-state index is 0.123. The molecule has 3 heterocycles. The van der Waals surface area contributed by atoms with Crippen LogP contribution in [-0.2, 0) is 13.1 Å². The normalized spacial score (nSPS) is 12.3. The Morgan fingerprint density at radius 2 is 1.86 bits per heavy atom. The highest BCUT2D eigenvalue weighted by atomic mass is 19.1. The molecule has 3 aromatic carbocycles. The highest BCUT2D eigenvalue weighted by molar-refractivity contribution is 5.95. The van der Waals surface area contributed by atoms with Crippen LogP contribution in [0.5, 0.6) is 11.5 Å². The Morgan fingerprint density at radius 3 is 2.72 bits per heavy atom. The minimum atomic E-state index is -0.335. The fourth-order valence-corrected chi connectivity index (χ4v) is 4.49. The van der Waals surface area contributed by atoms with Gasteiger partial charge >= 0.3 is 0 Å². The molecule has 0 atom stereocenters. The second kappa shape index (κ2) is 8.88. The Bertz CT molecular complexity index is 1570. The Morgan fingerprint density at radius 1 is 1.03 bits per heavy atom. The fraction of sp³-hybridized carbons (Fsp3) is 0.143. The van der Waals surface area contributed by atoms with E-state index in [0.29, 0.717) is 28.5 Å². The lowest BCUT2D eigenvalue weighted by molar-refractivity contribution is 0.0730. The number of amides is 1. The van der Waals surface area contributed by atoms with Crippen molar-refractivity contribution in [2.45, 2.75) is 20.0 Å². The van der Waals surface area contributed by atoms with Crippen molar-refractivity contribution in [2.24, 2.45) is 0 Å². The largest absolute Gasteiger partial charge is 0.454 e. The standard InChI is InChI=1S/C28H22FN3O4/c1-17-23(27(31-36-17)18-5-3-2-4-6-18)15-32(14-20-13-30-24-9-8-21(29)12-22(20)24)28(33)19-7-10-25-26(11-19)35-16-34-25/h2-13,30H,14-16H2,1H3. The number of hydrogen-bond acceptors (Lipinski definition) is 5. The number of benzene rings is 3. The van der Waals surface area contributed by atoms with Crippen molar-refractivity contribution in [1.82, 2.24) is 15.0 Å². The molecule has 6 rings (SSSR count). The van der Waals surface area contributed by atoms with E-state index in [1.807, 2.05) is 43.5 Å². The van der Waals surface area contributed by atoms with Crippen LogP contribution in [0.15, 0.2) is 77.4 Å². The van der Waals surface area contributed by atoms with Gasteiger partial charge in [-0.3, -0.25) is 4.79 Å². The maximum absolute atomic E-state index is 14.0. The number of aryl methyl sites for hydroxylation is 1. The van der Waals surface area contributed by atoms with Gasteiger partial charge in [-0.2, -0.15) is 0 Å². The van der Waals surface area contributed by atoms with Gasteiger partial charge in [0, 0.05) is 40.3 Å². The number of fused-ring (bicyclic) bond motifs is 2. The van der Waals surface area contributed by atoms with Crippen LogP contribution in [0.1, 0.15) is 27.2 Å². The third kappa shape index (κ3) is 3.96. The predicted molar refractivity (Wildman–Crippen MR) is 131 cm³/mol. The van der Waals surface area contributed by atoms with E-state index in [-0.39, 0.29) is 31.6 Å². The second-order valence-corrected chi connectivity index (χ2v) is 8.67. The van der Waals surface area contributed by atoms with Crippen molar-refractivity contribution in [3.63, 3.8) is 0 Å². The van der Waals surface area contributed by atoms with Crippen LogP contribution in [0.3, 0.4) is 0 Å². The van der Waals surface area contributed by atoms with Crippen LogP contribution in [0.4, 0.5) is 4.39 Å². The molecule has 0 radical (unpaired) electrons. The molecule has 1 aliphatic heterocycles. The molecule has 0 aliphatic carbocycles. The first-order chi connectivity index (χ1) is 17.6. The molecule has 1 amide bonds. The number of ether oxygens (including phenoxy) is 2. The molecule has 0 spiro atoms. The maximum atomic E-state index is 14.0. The third-order valence-corrected chi connectivity index (χ3v) is 6.38. The van der Waals surface area contributed by atoms with Gasteiger partial charge in [-0.25, -0.2) is 4.39 Å². The van der Waals surface area contributed by atoms with E-state index < -0.39 is 0 Å². The fourth-order valence-electron chi connectivity index (χ4n) is 4.49. The van der Waals surface area contributed by atoms with E-state index in [2.05, 4.69) is 10.1 Å². The summed E-state index contributed by atoms with van der Waals surface area (Å²) in [5, 5.41) is 5.00. The molecule has 2 aromatic heterocycles. The number of nitrogens with one attached hydrogen (secondary N) is 1. The lowest BCUT2D eigenvalue weighted by atomic mass is 10.0. The van der Waals surface area contributed by atoms with E-state index in [4.69, 9.17) is 14.0 Å². The summed E-state index contributed by atoms with van der Waals surface area (Å²) in [5.41, 5.74) is 4.44. The summed E-state index contributed by atoms with van der Waals surface area (Å²) in [7, 11) is 0. The molecule has 0 saturated carbocycles. The molecule has 8 heteroatoms. The number of carbonyl (C=O) groups is 1. The quantitative estimate of drug-likeness (QED) is 0.328. The summed E-state index contributed by atoms with van der Waals surface area (Å²) < 4.78 is 30.5. The molecular weight excluding hydrogens is 461 g/mol. The molecular formula is C28H22FN3O4. The summed E-state index contributed by atoms with van der Waals surface area (Å²) in [6.45, 7) is 2.45. The highest BCUT2D eigenvalue weighted by Crippen LogP contribution is 2.34. The number of carbonyl (C=O) groups excluding carboxylic acids is 1. The van der Waals surface area contributed by atoms with Gasteiger partial charge in [0.25, 0.3) is 5.91 Å². The first-order valence-corrected chi connectivity index (χ1v) is 11.5. The average molecular weight is 483 g/mol. The van der Waals surface area contributed by atoms with Gasteiger partial charge in [0.05, 0.1) is 6.54 Å². The molecule has 0 fully saturated rings. The van der Waals surface area contributed by atoms with Crippen LogP contribution in [-0.4, -0.2) is 27.7 Å². The number of nitrogens with zero attached hydrogens (tertiary/aromatic N) is 2. The van der Waals surface area contributed by atoms with E-state index in [1.165, 1.54) is 12.1 Å². The van der Waals surface area contributed by atoms with Gasteiger partial charge in [-0.15, -0.1) is 0 Å². The molecule has 5 aromatic rings. The number of H-pyrrole nitrogens is 1. The van der Waals surface area contributed by atoms with Crippen molar-refractivity contribution >= 4 is 16.8 Å². The van der Waals surface area contributed by atoms with Gasteiger partial charge in [-0.1, -0.05) is 35.5 Å². The summed E-state index contributed by atoms with van der Waals surface area (Å²) >= 11 is 0. The topological polar surface area (TPSA) is 80.6 Å². The summed E-state index contributed by atoms with van der Waals surface area (Å²) in [6.07, 6.45) is 1.81. The summed E-state index contributed by atoms with van der Waals surface area (Å²) in [6, 6.07) is 19.4. The Balaban J connectivity index is 1.40. The zero-order valence-electron chi connectivity index (χ0n) is 19.5. The zero-order chi connectivity index (χ0) is 24.6. The monoisotopic (exact) mass is 483 g/mol. The Hall–Kier alpha value is -4.59. The van der Waals surface area contributed by atoms with E-state index in [0.717, 1.165) is 27.6 Å². The first kappa shape index (κ1) is 21.9. The van der Waals surface area contributed by atoms with E-state index >= 15 is 0 Å². The van der Waals surface area contributed by atoms with E-state index in [1.54, 1.807) is 29.2 Å². The number of aromatic nitrogens is 2. The van der Waals surface area contributed by atoms with Gasteiger partial charge < -0.3 is 23.9 Å².